The molecule has 1 N–H and O–H groups in total. The Labute approximate surface area is 137 Å². The molecule has 0 aliphatic heterocycles. The van der Waals surface area contributed by atoms with E-state index in [2.05, 4.69) is 37.1 Å². The van der Waals surface area contributed by atoms with E-state index in [1.807, 2.05) is 18.2 Å². The van der Waals surface area contributed by atoms with Gasteiger partial charge in [0.2, 0.25) is 5.91 Å². The maximum Gasteiger partial charge on any atom is 0.220 e. The number of fused-ring (bicyclic) bond motifs is 1. The summed E-state index contributed by atoms with van der Waals surface area (Å²) in [7, 11) is 0. The second kappa shape index (κ2) is 8.28. The molecule has 120 valence electrons. The van der Waals surface area contributed by atoms with Crippen molar-refractivity contribution in [1.82, 2.24) is 10.3 Å². The van der Waals surface area contributed by atoms with Crippen molar-refractivity contribution in [2.75, 3.05) is 0 Å². The molecule has 4 heteroatoms. The lowest BCUT2D eigenvalue weighted by atomic mass is 10.0. The molecule has 2 rings (SSSR count). The predicted octanol–water partition coefficient (Wildman–Crippen LogP) is 4.56. The number of nitrogens with zero attached hydrogens (tertiary/aromatic N) is 1. The molecule has 0 fully saturated rings. The van der Waals surface area contributed by atoms with Crippen LogP contribution in [0.25, 0.3) is 10.2 Å². The Kier molecular flexibility index (Phi) is 6.37. The highest BCUT2D eigenvalue weighted by atomic mass is 32.1. The first-order valence-electron chi connectivity index (χ1n) is 8.18. The molecule has 1 heterocycles. The van der Waals surface area contributed by atoms with Crippen LogP contribution in [0.1, 0.15) is 51.5 Å². The summed E-state index contributed by atoms with van der Waals surface area (Å²) in [6, 6.07) is 8.46. The highest BCUT2D eigenvalue weighted by molar-refractivity contribution is 7.18. The summed E-state index contributed by atoms with van der Waals surface area (Å²) in [6.07, 6.45) is 4.55. The number of hydrogen-bond acceptors (Lipinski definition) is 3. The van der Waals surface area contributed by atoms with Crippen LogP contribution < -0.4 is 5.32 Å². The zero-order valence-electron chi connectivity index (χ0n) is 13.8. The summed E-state index contributed by atoms with van der Waals surface area (Å²) in [5.41, 5.74) is 1.06. The van der Waals surface area contributed by atoms with E-state index in [4.69, 9.17) is 0 Å². The van der Waals surface area contributed by atoms with E-state index in [-0.39, 0.29) is 11.9 Å². The van der Waals surface area contributed by atoms with E-state index in [1.165, 1.54) is 4.70 Å². The van der Waals surface area contributed by atoms with Crippen LogP contribution in [0.2, 0.25) is 0 Å². The monoisotopic (exact) mass is 318 g/mol. The van der Waals surface area contributed by atoms with E-state index in [0.717, 1.165) is 36.2 Å². The largest absolute Gasteiger partial charge is 0.354 e. The number of carbonyl (C=O) groups excluding carboxylic acids is 1. The zero-order valence-corrected chi connectivity index (χ0v) is 14.6. The zero-order chi connectivity index (χ0) is 15.9. The van der Waals surface area contributed by atoms with Crippen LogP contribution in [0.15, 0.2) is 24.3 Å². The van der Waals surface area contributed by atoms with Crippen LogP contribution in [-0.4, -0.2) is 16.9 Å². The predicted molar refractivity (Wildman–Crippen MR) is 94.2 cm³/mol. The number of hydrogen-bond donors (Lipinski definition) is 1. The summed E-state index contributed by atoms with van der Waals surface area (Å²) >= 11 is 1.73. The van der Waals surface area contributed by atoms with Gasteiger partial charge in [-0.15, -0.1) is 11.3 Å². The first-order valence-corrected chi connectivity index (χ1v) is 9.00. The number of aryl methyl sites for hydroxylation is 1. The van der Waals surface area contributed by atoms with Crippen molar-refractivity contribution in [3.63, 3.8) is 0 Å². The van der Waals surface area contributed by atoms with Gasteiger partial charge >= 0.3 is 0 Å². The lowest BCUT2D eigenvalue weighted by molar-refractivity contribution is -0.121. The summed E-state index contributed by atoms with van der Waals surface area (Å²) in [5.74, 6) is 0.857. The third kappa shape index (κ3) is 5.41. The van der Waals surface area contributed by atoms with Crippen molar-refractivity contribution in [2.45, 2.75) is 58.9 Å². The van der Waals surface area contributed by atoms with Crippen LogP contribution in [-0.2, 0) is 11.2 Å². The Hall–Kier alpha value is -1.42. The van der Waals surface area contributed by atoms with Crippen molar-refractivity contribution in [2.24, 2.45) is 5.92 Å². The van der Waals surface area contributed by atoms with Crippen molar-refractivity contribution < 1.29 is 4.79 Å². The topological polar surface area (TPSA) is 42.0 Å². The minimum atomic E-state index is 0.164. The minimum Gasteiger partial charge on any atom is -0.354 e. The number of benzene rings is 1. The van der Waals surface area contributed by atoms with Crippen molar-refractivity contribution in [3.8, 4) is 0 Å². The number of carbonyl (C=O) groups is 1. The fourth-order valence-corrected chi connectivity index (χ4v) is 3.44. The summed E-state index contributed by atoms with van der Waals surface area (Å²) < 4.78 is 1.23. The molecule has 1 unspecified atom stereocenters. The number of para-hydroxylation sites is 1. The molecule has 0 spiro atoms. The van der Waals surface area contributed by atoms with Gasteiger partial charge in [-0.25, -0.2) is 4.98 Å². The van der Waals surface area contributed by atoms with Gasteiger partial charge in [-0.05, 0) is 50.7 Å². The van der Waals surface area contributed by atoms with Crippen LogP contribution in [0.5, 0.6) is 0 Å². The van der Waals surface area contributed by atoms with Gasteiger partial charge in [-0.2, -0.15) is 0 Å². The Morgan fingerprint density at radius 2 is 2.00 bits per heavy atom. The average molecular weight is 318 g/mol. The van der Waals surface area contributed by atoms with Gasteiger partial charge in [0, 0.05) is 12.5 Å². The number of nitrogens with one attached hydrogen (secondary N) is 1. The Morgan fingerprint density at radius 3 is 2.73 bits per heavy atom. The van der Waals surface area contributed by atoms with E-state index in [1.54, 1.807) is 11.3 Å². The maximum absolute atomic E-state index is 11.9. The molecule has 0 aliphatic rings. The van der Waals surface area contributed by atoms with Crippen LogP contribution >= 0.6 is 11.3 Å². The molecule has 1 amide bonds. The first-order chi connectivity index (χ1) is 10.5. The Bertz CT molecular complexity index is 573. The number of amides is 1. The van der Waals surface area contributed by atoms with Gasteiger partial charge in [-0.3, -0.25) is 4.79 Å². The van der Waals surface area contributed by atoms with E-state index in [9.17, 15) is 4.79 Å². The second-order valence-electron chi connectivity index (χ2n) is 6.37. The van der Waals surface area contributed by atoms with Crippen molar-refractivity contribution >= 4 is 27.5 Å². The van der Waals surface area contributed by atoms with Crippen molar-refractivity contribution in [1.29, 1.82) is 0 Å². The fraction of sp³-hybridized carbons (Fsp3) is 0.556. The van der Waals surface area contributed by atoms with Gasteiger partial charge in [0.1, 0.15) is 0 Å². The standard InChI is InChI=1S/C18H26N2OS/c1-13(2)11-12-14(3)19-17(21)9-6-10-18-20-15-7-4-5-8-16(15)22-18/h4-5,7-8,13-14H,6,9-12H2,1-3H3,(H,19,21). The lowest BCUT2D eigenvalue weighted by Gasteiger charge is -2.14. The van der Waals surface area contributed by atoms with E-state index >= 15 is 0 Å². The number of aromatic nitrogens is 1. The summed E-state index contributed by atoms with van der Waals surface area (Å²) in [5, 5.41) is 4.22. The average Bonchev–Trinajstić information content (AvgIpc) is 2.87. The van der Waals surface area contributed by atoms with Crippen LogP contribution in [0, 0.1) is 5.92 Å². The molecule has 22 heavy (non-hydrogen) atoms. The van der Waals surface area contributed by atoms with Gasteiger partial charge in [0.25, 0.3) is 0 Å². The molecule has 0 saturated carbocycles. The molecule has 2 aromatic rings. The molecule has 3 nitrogen and oxygen atoms in total. The molecule has 0 saturated heterocycles. The fourth-order valence-electron chi connectivity index (χ4n) is 2.43. The highest BCUT2D eigenvalue weighted by Gasteiger charge is 2.09. The van der Waals surface area contributed by atoms with Gasteiger partial charge < -0.3 is 5.32 Å². The second-order valence-corrected chi connectivity index (χ2v) is 7.48. The molecule has 1 atom stereocenters. The van der Waals surface area contributed by atoms with Crippen molar-refractivity contribution in [3.05, 3.63) is 29.3 Å². The molecular weight excluding hydrogens is 292 g/mol. The van der Waals surface area contributed by atoms with E-state index < -0.39 is 0 Å². The van der Waals surface area contributed by atoms with Crippen LogP contribution in [0.4, 0.5) is 0 Å². The SMILES string of the molecule is CC(C)CCC(C)NC(=O)CCCc1nc2ccccc2s1. The third-order valence-electron chi connectivity index (χ3n) is 3.72. The Morgan fingerprint density at radius 1 is 1.23 bits per heavy atom. The third-order valence-corrected chi connectivity index (χ3v) is 4.81. The molecule has 1 aromatic carbocycles. The molecule has 0 radical (unpaired) electrons. The minimum absolute atomic E-state index is 0.164. The molecule has 0 bridgehead atoms. The Balaban J connectivity index is 1.70. The summed E-state index contributed by atoms with van der Waals surface area (Å²) in [6.45, 7) is 6.52. The van der Waals surface area contributed by atoms with E-state index in [0.29, 0.717) is 12.3 Å². The maximum atomic E-state index is 11.9. The first kappa shape index (κ1) is 16.9. The van der Waals surface area contributed by atoms with Gasteiger partial charge in [-0.1, -0.05) is 26.0 Å². The summed E-state index contributed by atoms with van der Waals surface area (Å²) in [4.78, 5) is 16.5. The quantitative estimate of drug-likeness (QED) is 0.775. The van der Waals surface area contributed by atoms with Gasteiger partial charge in [0.15, 0.2) is 0 Å². The molecular formula is C18H26N2OS. The van der Waals surface area contributed by atoms with Crippen LogP contribution in [0.3, 0.4) is 0 Å². The number of thiazole rings is 1. The molecule has 0 aliphatic carbocycles. The smallest absolute Gasteiger partial charge is 0.220 e. The lowest BCUT2D eigenvalue weighted by Crippen LogP contribution is -2.32. The van der Waals surface area contributed by atoms with Gasteiger partial charge in [0.05, 0.1) is 15.2 Å². The normalized spacial score (nSPS) is 12.7. The number of rotatable bonds is 8. The highest BCUT2D eigenvalue weighted by Crippen LogP contribution is 2.22. The molecule has 1 aromatic heterocycles.